The van der Waals surface area contributed by atoms with Crippen molar-refractivity contribution in [1.82, 2.24) is 19.0 Å². The second kappa shape index (κ2) is 9.57. The number of aromatic nitrogens is 3. The molecular weight excluding hydrogens is 460 g/mol. The van der Waals surface area contributed by atoms with Crippen LogP contribution in [-0.2, 0) is 25.4 Å². The van der Waals surface area contributed by atoms with E-state index in [1.54, 1.807) is 7.05 Å². The number of amides is 1. The zero-order chi connectivity index (χ0) is 26.2. The first kappa shape index (κ1) is 25.1. The number of anilines is 1. The minimum atomic E-state index is -0.612. The molecule has 0 saturated carbocycles. The van der Waals surface area contributed by atoms with Gasteiger partial charge in [-0.3, -0.25) is 13.9 Å². The number of ether oxygens (including phenoxy) is 1. The van der Waals surface area contributed by atoms with Gasteiger partial charge in [-0.05, 0) is 39.2 Å². The van der Waals surface area contributed by atoms with Crippen LogP contribution in [0.15, 0.2) is 39.9 Å². The Labute approximate surface area is 209 Å². The van der Waals surface area contributed by atoms with Crippen LogP contribution in [0.4, 0.5) is 10.6 Å². The second-order valence-electron chi connectivity index (χ2n) is 10.2. The molecule has 2 aromatic heterocycles. The lowest BCUT2D eigenvalue weighted by molar-refractivity contribution is 0.0500. The fourth-order valence-corrected chi connectivity index (χ4v) is 4.82. The monoisotopic (exact) mass is 492 g/mol. The number of carbonyl (C=O) groups excluding carboxylic acids is 1. The number of carbonyl (C=O) groups is 1. The molecular formula is C26H32N6O4. The average Bonchev–Trinajstić information content (AvgIpc) is 3.15. The number of aryl methyl sites for hydroxylation is 1. The quantitative estimate of drug-likeness (QED) is 0.598. The molecule has 190 valence electrons. The number of fused-ring (bicyclic) bond motifs is 1. The normalized spacial score (nSPS) is 16.1. The predicted octanol–water partition coefficient (Wildman–Crippen LogP) is 2.45. The molecule has 1 aromatic carbocycles. The molecule has 10 nitrogen and oxygen atoms in total. The summed E-state index contributed by atoms with van der Waals surface area (Å²) in [4.78, 5) is 40.5. The van der Waals surface area contributed by atoms with Gasteiger partial charge in [0.05, 0.1) is 5.52 Å². The van der Waals surface area contributed by atoms with Crippen molar-refractivity contribution in [2.75, 3.05) is 18.0 Å². The van der Waals surface area contributed by atoms with E-state index in [4.69, 9.17) is 4.74 Å². The van der Waals surface area contributed by atoms with E-state index in [0.717, 1.165) is 23.0 Å². The molecule has 0 spiro atoms. The van der Waals surface area contributed by atoms with Gasteiger partial charge in [-0.1, -0.05) is 30.3 Å². The van der Waals surface area contributed by atoms with Crippen LogP contribution < -0.4 is 21.5 Å². The summed E-state index contributed by atoms with van der Waals surface area (Å²) in [5, 5.41) is 13.2. The maximum absolute atomic E-state index is 13.3. The van der Waals surface area contributed by atoms with E-state index in [9.17, 15) is 19.6 Å². The maximum Gasteiger partial charge on any atom is 0.407 e. The smallest absolute Gasteiger partial charge is 0.407 e. The van der Waals surface area contributed by atoms with E-state index in [1.165, 1.54) is 11.6 Å². The second-order valence-corrected chi connectivity index (χ2v) is 10.2. The van der Waals surface area contributed by atoms with Gasteiger partial charge >= 0.3 is 11.8 Å². The van der Waals surface area contributed by atoms with E-state index in [0.29, 0.717) is 36.5 Å². The molecule has 4 rings (SSSR count). The van der Waals surface area contributed by atoms with Crippen molar-refractivity contribution in [1.29, 1.82) is 5.26 Å². The van der Waals surface area contributed by atoms with Gasteiger partial charge in [0.15, 0.2) is 0 Å². The molecule has 0 bridgehead atoms. The van der Waals surface area contributed by atoms with Crippen molar-refractivity contribution >= 4 is 22.9 Å². The fourth-order valence-electron chi connectivity index (χ4n) is 4.82. The minimum Gasteiger partial charge on any atom is -0.444 e. The van der Waals surface area contributed by atoms with Crippen LogP contribution >= 0.6 is 0 Å². The van der Waals surface area contributed by atoms with E-state index >= 15 is 0 Å². The summed E-state index contributed by atoms with van der Waals surface area (Å²) in [5.74, 6) is 0.574. The Morgan fingerprint density at radius 2 is 1.83 bits per heavy atom. The standard InChI is InChI=1S/C26H32N6O4/c1-26(2,3)36-24(34)28-18-12-9-13-31(16-18)22-19(14-27)20-21(23(33)30(5)25(35)29(20)4)32(22)15-17-10-7-6-8-11-17/h6-8,10-11,18H,9,12-13,15-16H2,1-5H3,(H,28,34)/t18-/m0/s1. The highest BCUT2D eigenvalue weighted by Gasteiger charge is 2.31. The van der Waals surface area contributed by atoms with E-state index < -0.39 is 22.9 Å². The number of nitrogens with zero attached hydrogens (tertiary/aromatic N) is 5. The van der Waals surface area contributed by atoms with E-state index in [2.05, 4.69) is 11.4 Å². The lowest BCUT2D eigenvalue weighted by Crippen LogP contribution is -2.49. The van der Waals surface area contributed by atoms with E-state index in [-0.39, 0.29) is 11.6 Å². The molecule has 1 aliphatic rings. The summed E-state index contributed by atoms with van der Waals surface area (Å²) >= 11 is 0. The number of alkyl carbamates (subject to hydrolysis) is 1. The summed E-state index contributed by atoms with van der Waals surface area (Å²) in [6.07, 6.45) is 1.04. The molecule has 0 radical (unpaired) electrons. The minimum absolute atomic E-state index is 0.199. The van der Waals surface area contributed by atoms with E-state index in [1.807, 2.05) is 60.6 Å². The number of nitriles is 1. The Morgan fingerprint density at radius 1 is 1.14 bits per heavy atom. The zero-order valence-electron chi connectivity index (χ0n) is 21.4. The molecule has 1 aliphatic heterocycles. The van der Waals surface area contributed by atoms with Gasteiger partial charge in [0.25, 0.3) is 5.56 Å². The van der Waals surface area contributed by atoms with Gasteiger partial charge in [-0.25, -0.2) is 9.59 Å². The molecule has 10 heteroatoms. The Kier molecular flexibility index (Phi) is 6.67. The van der Waals surface area contributed by atoms with Crippen molar-refractivity contribution in [3.05, 3.63) is 62.3 Å². The highest BCUT2D eigenvalue weighted by Crippen LogP contribution is 2.33. The molecule has 1 saturated heterocycles. The third kappa shape index (κ3) is 4.73. The van der Waals surface area contributed by atoms with Gasteiger partial charge in [0, 0.05) is 39.8 Å². The zero-order valence-corrected chi connectivity index (χ0v) is 21.4. The summed E-state index contributed by atoms with van der Waals surface area (Å²) in [6, 6.07) is 11.7. The first-order valence-corrected chi connectivity index (χ1v) is 12.0. The first-order valence-electron chi connectivity index (χ1n) is 12.0. The molecule has 1 fully saturated rings. The number of rotatable bonds is 4. The van der Waals surface area contributed by atoms with Crippen molar-refractivity contribution in [2.24, 2.45) is 14.1 Å². The molecule has 1 N–H and O–H groups in total. The van der Waals surface area contributed by atoms with Crippen LogP contribution in [0.1, 0.15) is 44.7 Å². The molecule has 3 aromatic rings. The molecule has 0 unspecified atom stereocenters. The highest BCUT2D eigenvalue weighted by molar-refractivity contribution is 5.90. The summed E-state index contributed by atoms with van der Waals surface area (Å²) < 4.78 is 9.69. The third-order valence-corrected chi connectivity index (χ3v) is 6.36. The predicted molar refractivity (Wildman–Crippen MR) is 137 cm³/mol. The van der Waals surface area contributed by atoms with Crippen LogP contribution in [-0.4, -0.2) is 44.5 Å². The average molecular weight is 493 g/mol. The Morgan fingerprint density at radius 3 is 2.47 bits per heavy atom. The van der Waals surface area contributed by atoms with Crippen molar-refractivity contribution in [2.45, 2.75) is 51.8 Å². The van der Waals surface area contributed by atoms with Gasteiger partial charge in [0.2, 0.25) is 0 Å². The third-order valence-electron chi connectivity index (χ3n) is 6.36. The van der Waals surface area contributed by atoms with Crippen LogP contribution in [0.5, 0.6) is 0 Å². The molecule has 0 aliphatic carbocycles. The number of piperidine rings is 1. The van der Waals surface area contributed by atoms with Crippen LogP contribution in [0.25, 0.3) is 11.0 Å². The Bertz CT molecular complexity index is 1450. The molecule has 1 atom stereocenters. The maximum atomic E-state index is 13.3. The van der Waals surface area contributed by atoms with Gasteiger partial charge < -0.3 is 19.5 Å². The fraction of sp³-hybridized carbons (Fsp3) is 0.462. The van der Waals surface area contributed by atoms with Crippen molar-refractivity contribution < 1.29 is 9.53 Å². The van der Waals surface area contributed by atoms with Crippen LogP contribution in [0.3, 0.4) is 0 Å². The number of nitrogens with one attached hydrogen (secondary N) is 1. The first-order chi connectivity index (χ1) is 17.0. The molecule has 1 amide bonds. The van der Waals surface area contributed by atoms with Gasteiger partial charge in [-0.15, -0.1) is 0 Å². The lowest BCUT2D eigenvalue weighted by Gasteiger charge is -2.35. The SMILES string of the molecule is Cn1c(=O)c2c(c(C#N)c(N3CCC[C@H](NC(=O)OC(C)(C)C)C3)n2Cc2ccccc2)n(C)c1=O. The number of hydrogen-bond donors (Lipinski definition) is 1. The van der Waals surface area contributed by atoms with Crippen molar-refractivity contribution in [3.63, 3.8) is 0 Å². The van der Waals surface area contributed by atoms with Gasteiger partial charge in [0.1, 0.15) is 28.6 Å². The summed E-state index contributed by atoms with van der Waals surface area (Å²) in [5.41, 5.74) is 0.297. The van der Waals surface area contributed by atoms with Crippen molar-refractivity contribution in [3.8, 4) is 6.07 Å². The number of hydrogen-bond acceptors (Lipinski definition) is 6. The highest BCUT2D eigenvalue weighted by atomic mass is 16.6. The largest absolute Gasteiger partial charge is 0.444 e. The number of benzene rings is 1. The Hall–Kier alpha value is -4.00. The van der Waals surface area contributed by atoms with Crippen LogP contribution in [0, 0.1) is 11.3 Å². The van der Waals surface area contributed by atoms with Gasteiger partial charge in [-0.2, -0.15) is 5.26 Å². The lowest BCUT2D eigenvalue weighted by atomic mass is 10.1. The summed E-state index contributed by atoms with van der Waals surface area (Å²) in [6.45, 7) is 6.86. The Balaban J connectivity index is 1.84. The molecule has 36 heavy (non-hydrogen) atoms. The topological polar surface area (TPSA) is 114 Å². The summed E-state index contributed by atoms with van der Waals surface area (Å²) in [7, 11) is 3.02. The molecule has 3 heterocycles. The van der Waals surface area contributed by atoms with Crippen LogP contribution in [0.2, 0.25) is 0 Å².